The van der Waals surface area contributed by atoms with Crippen LogP contribution in [-0.4, -0.2) is 15.2 Å². The van der Waals surface area contributed by atoms with Crippen LogP contribution in [0.15, 0.2) is 41.2 Å². The average molecular weight is 302 g/mol. The topological polar surface area (TPSA) is 34.4 Å². The number of fused-ring (bicyclic) bond motifs is 1. The highest BCUT2D eigenvalue weighted by molar-refractivity contribution is 9.10. The lowest BCUT2D eigenvalue weighted by atomic mass is 10.2. The summed E-state index contributed by atoms with van der Waals surface area (Å²) in [6.07, 6.45) is 1.85. The number of imidazole rings is 1. The second-order valence-corrected chi connectivity index (χ2v) is 4.04. The maximum Gasteiger partial charge on any atom is 0.209 e. The molecule has 0 aliphatic rings. The van der Waals surface area contributed by atoms with Crippen LogP contribution in [0, 0.1) is 0 Å². The van der Waals surface area contributed by atoms with Crippen molar-refractivity contribution >= 4 is 39.8 Å². The molecule has 16 heavy (non-hydrogen) atoms. The summed E-state index contributed by atoms with van der Waals surface area (Å²) in [5, 5.41) is 0. The largest absolute Gasteiger partial charge is 0.294 e. The predicted molar refractivity (Wildman–Crippen MR) is 69.3 cm³/mol. The number of allylic oxidation sites excluding steroid dienone is 1. The monoisotopic (exact) mass is 300 g/mol. The van der Waals surface area contributed by atoms with E-state index in [4.69, 9.17) is 0 Å². The van der Waals surface area contributed by atoms with E-state index in [9.17, 15) is 4.79 Å². The fraction of sp³-hybridized carbons (Fsp3) is 0.0909. The molecule has 0 aliphatic carbocycles. The number of ketones is 1. The molecule has 0 aromatic carbocycles. The van der Waals surface area contributed by atoms with Gasteiger partial charge in [0.2, 0.25) is 5.78 Å². The molecule has 5 heteroatoms. The maximum atomic E-state index is 11.7. The Kier molecular flexibility index (Phi) is 3.88. The number of Topliss-reactive ketones (excluding diaryl/α,β-unsaturated/α-hetero) is 1. The van der Waals surface area contributed by atoms with Crippen molar-refractivity contribution in [3.8, 4) is 0 Å². The third kappa shape index (κ3) is 2.03. The van der Waals surface area contributed by atoms with Crippen LogP contribution in [0.4, 0.5) is 0 Å². The summed E-state index contributed by atoms with van der Waals surface area (Å²) in [4.78, 5) is 16.0. The summed E-state index contributed by atoms with van der Waals surface area (Å²) < 4.78 is 2.49. The minimum absolute atomic E-state index is 0. The molecule has 2 heterocycles. The van der Waals surface area contributed by atoms with Gasteiger partial charge in [0.15, 0.2) is 0 Å². The quantitative estimate of drug-likeness (QED) is 0.630. The van der Waals surface area contributed by atoms with E-state index >= 15 is 0 Å². The molecule has 3 nitrogen and oxygen atoms in total. The lowest BCUT2D eigenvalue weighted by Crippen LogP contribution is -2.00. The number of rotatable bonds is 2. The normalized spacial score (nSPS) is 9.88. The van der Waals surface area contributed by atoms with Crippen molar-refractivity contribution in [2.75, 3.05) is 0 Å². The van der Waals surface area contributed by atoms with Gasteiger partial charge in [0.25, 0.3) is 0 Å². The van der Waals surface area contributed by atoms with Crippen LogP contribution in [0.25, 0.3) is 5.65 Å². The summed E-state index contributed by atoms with van der Waals surface area (Å²) in [6.45, 7) is 5.30. The van der Waals surface area contributed by atoms with Crippen molar-refractivity contribution in [1.82, 2.24) is 9.38 Å². The molecule has 0 N–H and O–H groups in total. The Hall–Kier alpha value is -1.13. The molecule has 0 spiro atoms. The number of nitrogens with zero attached hydrogens (tertiary/aromatic N) is 2. The predicted octanol–water partition coefficient (Wildman–Crippen LogP) is 3.28. The molecular formula is C11H10BrClN2O. The van der Waals surface area contributed by atoms with Crippen molar-refractivity contribution in [3.63, 3.8) is 0 Å². The molecule has 0 aliphatic heterocycles. The first-order chi connectivity index (χ1) is 7.11. The minimum atomic E-state index is -0.134. The van der Waals surface area contributed by atoms with E-state index in [1.807, 2.05) is 28.8 Å². The van der Waals surface area contributed by atoms with E-state index in [1.165, 1.54) is 0 Å². The lowest BCUT2D eigenvalue weighted by molar-refractivity contribution is 0.103. The van der Waals surface area contributed by atoms with Crippen LogP contribution < -0.4 is 0 Å². The molecular weight excluding hydrogens is 291 g/mol. The van der Waals surface area contributed by atoms with E-state index in [1.54, 1.807) is 6.92 Å². The molecule has 0 amide bonds. The molecule has 2 aromatic heterocycles. The smallest absolute Gasteiger partial charge is 0.209 e. The van der Waals surface area contributed by atoms with Crippen molar-refractivity contribution in [2.24, 2.45) is 0 Å². The summed E-state index contributed by atoms with van der Waals surface area (Å²) in [5.41, 5.74) is 1.64. The fourth-order valence-electron chi connectivity index (χ4n) is 1.31. The Labute approximate surface area is 108 Å². The first-order valence-electron chi connectivity index (χ1n) is 4.44. The van der Waals surface area contributed by atoms with Crippen LogP contribution in [0.1, 0.15) is 17.4 Å². The second-order valence-electron chi connectivity index (χ2n) is 3.29. The van der Waals surface area contributed by atoms with Crippen LogP contribution in [0.3, 0.4) is 0 Å². The van der Waals surface area contributed by atoms with Gasteiger partial charge in [-0.3, -0.25) is 9.20 Å². The van der Waals surface area contributed by atoms with Crippen LogP contribution >= 0.6 is 28.3 Å². The van der Waals surface area contributed by atoms with Gasteiger partial charge in [-0.05, 0) is 40.6 Å². The Balaban J connectivity index is 0.00000128. The molecule has 0 bridgehead atoms. The van der Waals surface area contributed by atoms with Gasteiger partial charge in [0.05, 0.1) is 0 Å². The molecule has 84 valence electrons. The standard InChI is InChI=1S/C11H9BrN2O.ClH/c1-7(2)10(15)9-11(12)14-6-4-3-5-8(14)13-9;/h3-6H,1H2,2H3;1H. The minimum Gasteiger partial charge on any atom is -0.294 e. The first kappa shape index (κ1) is 12.9. The SMILES string of the molecule is C=C(C)C(=O)c1nc2ccccn2c1Br.Cl. The highest BCUT2D eigenvalue weighted by Crippen LogP contribution is 2.20. The number of carbonyl (C=O) groups excluding carboxylic acids is 1. The Bertz CT molecular complexity index is 562. The molecule has 2 rings (SSSR count). The molecule has 0 unspecified atom stereocenters. The third-order valence-corrected chi connectivity index (χ3v) is 2.83. The van der Waals surface area contributed by atoms with Crippen molar-refractivity contribution < 1.29 is 4.79 Å². The van der Waals surface area contributed by atoms with Crippen molar-refractivity contribution in [1.29, 1.82) is 0 Å². The number of aromatic nitrogens is 2. The van der Waals surface area contributed by atoms with Gasteiger partial charge < -0.3 is 0 Å². The molecule has 0 atom stereocenters. The Morgan fingerprint density at radius 1 is 1.50 bits per heavy atom. The van der Waals surface area contributed by atoms with Gasteiger partial charge in [-0.25, -0.2) is 4.98 Å². The van der Waals surface area contributed by atoms with Gasteiger partial charge >= 0.3 is 0 Å². The maximum absolute atomic E-state index is 11.7. The third-order valence-electron chi connectivity index (χ3n) is 2.07. The molecule has 0 saturated heterocycles. The van der Waals surface area contributed by atoms with E-state index < -0.39 is 0 Å². The number of halogens is 2. The highest BCUT2D eigenvalue weighted by Gasteiger charge is 2.16. The highest BCUT2D eigenvalue weighted by atomic mass is 79.9. The molecule has 0 fully saturated rings. The van der Waals surface area contributed by atoms with Gasteiger partial charge in [-0.1, -0.05) is 12.6 Å². The first-order valence-corrected chi connectivity index (χ1v) is 5.23. The Morgan fingerprint density at radius 2 is 2.19 bits per heavy atom. The average Bonchev–Trinajstić information content (AvgIpc) is 2.56. The zero-order valence-corrected chi connectivity index (χ0v) is 11.0. The number of hydrogen-bond acceptors (Lipinski definition) is 2. The summed E-state index contributed by atoms with van der Waals surface area (Å²) in [7, 11) is 0. The van der Waals surface area contributed by atoms with Crippen molar-refractivity contribution in [3.05, 3.63) is 46.8 Å². The number of carbonyl (C=O) groups is 1. The molecule has 2 aromatic rings. The van der Waals surface area contributed by atoms with E-state index in [-0.39, 0.29) is 18.2 Å². The van der Waals surface area contributed by atoms with E-state index in [0.717, 1.165) is 5.65 Å². The zero-order valence-electron chi connectivity index (χ0n) is 8.61. The van der Waals surface area contributed by atoms with Crippen molar-refractivity contribution in [2.45, 2.75) is 6.92 Å². The van der Waals surface area contributed by atoms with Crippen LogP contribution in [-0.2, 0) is 0 Å². The Morgan fingerprint density at radius 3 is 2.75 bits per heavy atom. The van der Waals surface area contributed by atoms with E-state index in [0.29, 0.717) is 15.9 Å². The number of hydrogen-bond donors (Lipinski definition) is 0. The summed E-state index contributed by atoms with van der Waals surface area (Å²) in [6, 6.07) is 5.61. The summed E-state index contributed by atoms with van der Waals surface area (Å²) >= 11 is 3.36. The fourth-order valence-corrected chi connectivity index (χ4v) is 1.88. The molecule has 0 radical (unpaired) electrons. The second kappa shape index (κ2) is 4.80. The van der Waals surface area contributed by atoms with Gasteiger partial charge in [-0.2, -0.15) is 0 Å². The lowest BCUT2D eigenvalue weighted by Gasteiger charge is -1.95. The van der Waals surface area contributed by atoms with Gasteiger partial charge in [-0.15, -0.1) is 12.4 Å². The molecule has 0 saturated carbocycles. The number of pyridine rings is 1. The summed E-state index contributed by atoms with van der Waals surface area (Å²) in [5.74, 6) is -0.134. The van der Waals surface area contributed by atoms with Gasteiger partial charge in [0.1, 0.15) is 15.9 Å². The van der Waals surface area contributed by atoms with E-state index in [2.05, 4.69) is 27.5 Å². The zero-order chi connectivity index (χ0) is 11.0. The van der Waals surface area contributed by atoms with Crippen LogP contribution in [0.2, 0.25) is 0 Å². The van der Waals surface area contributed by atoms with Gasteiger partial charge in [0, 0.05) is 6.20 Å². The van der Waals surface area contributed by atoms with Crippen LogP contribution in [0.5, 0.6) is 0 Å².